The van der Waals surface area contributed by atoms with Gasteiger partial charge in [0.25, 0.3) is 0 Å². The van der Waals surface area contributed by atoms with Crippen molar-refractivity contribution in [2.24, 2.45) is 0 Å². The lowest BCUT2D eigenvalue weighted by atomic mass is 10.0. The molecule has 1 atom stereocenters. The summed E-state index contributed by atoms with van der Waals surface area (Å²) in [6, 6.07) is 14.8. The maximum Gasteiger partial charge on any atom is 0.164 e. The average molecular weight is 310 g/mol. The fraction of sp³-hybridized carbons (Fsp3) is 0.450. The Balaban J connectivity index is 1.62. The van der Waals surface area contributed by atoms with Gasteiger partial charge in [0, 0.05) is 31.1 Å². The number of Topliss-reactive ketones (excluding diaryl/α,β-unsaturated/α-hetero) is 1. The third-order valence-electron chi connectivity index (χ3n) is 4.77. The lowest BCUT2D eigenvalue weighted by Gasteiger charge is -2.26. The second kappa shape index (κ2) is 7.24. The summed E-state index contributed by atoms with van der Waals surface area (Å²) in [6.45, 7) is 3.10. The minimum Gasteiger partial charge on any atom is -0.308 e. The number of likely N-dealkylation sites (N-methyl/N-ethyl adjacent to an activating group) is 1. The van der Waals surface area contributed by atoms with Crippen molar-refractivity contribution in [2.45, 2.75) is 25.3 Å². The molecule has 2 aromatic carbocycles. The SMILES string of the molecule is CN(C)C[C@H]1CCCN1CCC(=O)c1ccc2ccccc2c1. The van der Waals surface area contributed by atoms with Crippen LogP contribution >= 0.6 is 0 Å². The van der Waals surface area contributed by atoms with Crippen LogP contribution in [0.3, 0.4) is 0 Å². The monoisotopic (exact) mass is 310 g/mol. The van der Waals surface area contributed by atoms with Crippen molar-refractivity contribution in [3.05, 3.63) is 48.0 Å². The molecule has 2 aromatic rings. The van der Waals surface area contributed by atoms with E-state index in [0.717, 1.165) is 30.6 Å². The van der Waals surface area contributed by atoms with Crippen LogP contribution in [-0.2, 0) is 0 Å². The highest BCUT2D eigenvalue weighted by Crippen LogP contribution is 2.20. The Hall–Kier alpha value is -1.71. The van der Waals surface area contributed by atoms with Crippen LogP contribution in [0.5, 0.6) is 0 Å². The topological polar surface area (TPSA) is 23.6 Å². The van der Waals surface area contributed by atoms with Crippen LogP contribution in [0.4, 0.5) is 0 Å². The van der Waals surface area contributed by atoms with E-state index in [1.165, 1.54) is 18.2 Å². The normalized spacial score (nSPS) is 18.8. The summed E-state index contributed by atoms with van der Waals surface area (Å²) in [7, 11) is 4.24. The van der Waals surface area contributed by atoms with E-state index in [-0.39, 0.29) is 5.78 Å². The third kappa shape index (κ3) is 3.98. The molecule has 1 saturated heterocycles. The number of ketones is 1. The molecule has 1 aliphatic rings. The smallest absolute Gasteiger partial charge is 0.164 e. The molecule has 0 spiro atoms. The number of carbonyl (C=O) groups excluding carboxylic acids is 1. The van der Waals surface area contributed by atoms with E-state index in [1.807, 2.05) is 30.3 Å². The van der Waals surface area contributed by atoms with E-state index in [4.69, 9.17) is 0 Å². The van der Waals surface area contributed by atoms with Gasteiger partial charge < -0.3 is 4.90 Å². The molecule has 3 rings (SSSR count). The first-order valence-corrected chi connectivity index (χ1v) is 8.54. The molecule has 0 aromatic heterocycles. The second-order valence-corrected chi connectivity index (χ2v) is 6.83. The van der Waals surface area contributed by atoms with Crippen molar-refractivity contribution in [2.75, 3.05) is 33.7 Å². The van der Waals surface area contributed by atoms with Gasteiger partial charge in [-0.1, -0.05) is 36.4 Å². The molecule has 23 heavy (non-hydrogen) atoms. The predicted octanol–water partition coefficient (Wildman–Crippen LogP) is 3.44. The fourth-order valence-corrected chi connectivity index (χ4v) is 3.57. The Labute approximate surface area is 138 Å². The van der Waals surface area contributed by atoms with E-state index in [0.29, 0.717) is 12.5 Å². The Bertz CT molecular complexity index is 680. The Morgan fingerprint density at radius 2 is 1.96 bits per heavy atom. The van der Waals surface area contributed by atoms with Crippen LogP contribution in [-0.4, -0.2) is 55.4 Å². The fourth-order valence-electron chi connectivity index (χ4n) is 3.57. The first-order valence-electron chi connectivity index (χ1n) is 8.54. The van der Waals surface area contributed by atoms with Gasteiger partial charge in [0.05, 0.1) is 0 Å². The zero-order valence-corrected chi connectivity index (χ0v) is 14.2. The van der Waals surface area contributed by atoms with Gasteiger partial charge in [-0.25, -0.2) is 0 Å². The van der Waals surface area contributed by atoms with Crippen LogP contribution in [0.2, 0.25) is 0 Å². The molecule has 0 aliphatic carbocycles. The quantitative estimate of drug-likeness (QED) is 0.764. The molecule has 0 unspecified atom stereocenters. The highest BCUT2D eigenvalue weighted by atomic mass is 16.1. The Morgan fingerprint density at radius 3 is 2.74 bits per heavy atom. The average Bonchev–Trinajstić information content (AvgIpc) is 2.98. The second-order valence-electron chi connectivity index (χ2n) is 6.83. The largest absolute Gasteiger partial charge is 0.308 e. The molecular weight excluding hydrogens is 284 g/mol. The van der Waals surface area contributed by atoms with Crippen molar-refractivity contribution in [3.8, 4) is 0 Å². The molecule has 0 radical (unpaired) electrons. The van der Waals surface area contributed by atoms with Gasteiger partial charge in [0.2, 0.25) is 0 Å². The van der Waals surface area contributed by atoms with Crippen LogP contribution in [0.15, 0.2) is 42.5 Å². The third-order valence-corrected chi connectivity index (χ3v) is 4.77. The molecule has 3 nitrogen and oxygen atoms in total. The van der Waals surface area contributed by atoms with Crippen molar-refractivity contribution in [1.82, 2.24) is 9.80 Å². The predicted molar refractivity (Wildman–Crippen MR) is 96.0 cm³/mol. The summed E-state index contributed by atoms with van der Waals surface area (Å²) in [5.41, 5.74) is 0.840. The van der Waals surface area contributed by atoms with Crippen LogP contribution < -0.4 is 0 Å². The molecular formula is C20H26N2O. The zero-order chi connectivity index (χ0) is 16.2. The van der Waals surface area contributed by atoms with E-state index in [2.05, 4.69) is 36.0 Å². The maximum atomic E-state index is 12.5. The van der Waals surface area contributed by atoms with Crippen LogP contribution in [0.25, 0.3) is 10.8 Å². The lowest BCUT2D eigenvalue weighted by Crippen LogP contribution is -2.38. The maximum absolute atomic E-state index is 12.5. The summed E-state index contributed by atoms with van der Waals surface area (Å²) in [5, 5.41) is 2.33. The van der Waals surface area contributed by atoms with E-state index < -0.39 is 0 Å². The first-order chi connectivity index (χ1) is 11.1. The van der Waals surface area contributed by atoms with Gasteiger partial charge in [-0.05, 0) is 50.3 Å². The van der Waals surface area contributed by atoms with Crippen LogP contribution in [0.1, 0.15) is 29.6 Å². The molecule has 1 fully saturated rings. The molecule has 1 heterocycles. The summed E-state index contributed by atoms with van der Waals surface area (Å²) in [6.07, 6.45) is 3.12. The molecule has 3 heteroatoms. The van der Waals surface area contributed by atoms with Gasteiger partial charge in [0.15, 0.2) is 5.78 Å². The van der Waals surface area contributed by atoms with Crippen LogP contribution in [0, 0.1) is 0 Å². The van der Waals surface area contributed by atoms with Gasteiger partial charge in [-0.2, -0.15) is 0 Å². The minimum atomic E-state index is 0.256. The zero-order valence-electron chi connectivity index (χ0n) is 14.2. The molecule has 0 saturated carbocycles. The number of hydrogen-bond acceptors (Lipinski definition) is 3. The van der Waals surface area contributed by atoms with E-state index in [9.17, 15) is 4.79 Å². The standard InChI is InChI=1S/C20H26N2O/c1-21(2)15-19-8-5-12-22(19)13-11-20(23)18-10-9-16-6-3-4-7-17(16)14-18/h3-4,6-7,9-10,14,19H,5,8,11-13,15H2,1-2H3/t19-/m1/s1. The number of benzene rings is 2. The highest BCUT2D eigenvalue weighted by Gasteiger charge is 2.25. The number of likely N-dealkylation sites (tertiary alicyclic amines) is 1. The summed E-state index contributed by atoms with van der Waals surface area (Å²) >= 11 is 0. The molecule has 1 aliphatic heterocycles. The number of rotatable bonds is 6. The lowest BCUT2D eigenvalue weighted by molar-refractivity contribution is 0.0957. The molecule has 0 bridgehead atoms. The van der Waals surface area contributed by atoms with E-state index >= 15 is 0 Å². The van der Waals surface area contributed by atoms with Crippen molar-refractivity contribution in [3.63, 3.8) is 0 Å². The van der Waals surface area contributed by atoms with Crippen molar-refractivity contribution >= 4 is 16.6 Å². The summed E-state index contributed by atoms with van der Waals surface area (Å²) in [4.78, 5) is 17.3. The molecule has 122 valence electrons. The molecule has 0 amide bonds. The van der Waals surface area contributed by atoms with Gasteiger partial charge in [-0.15, -0.1) is 0 Å². The number of fused-ring (bicyclic) bond motifs is 1. The van der Waals surface area contributed by atoms with Gasteiger partial charge >= 0.3 is 0 Å². The number of carbonyl (C=O) groups is 1. The van der Waals surface area contributed by atoms with Crippen molar-refractivity contribution < 1.29 is 4.79 Å². The minimum absolute atomic E-state index is 0.256. The van der Waals surface area contributed by atoms with E-state index in [1.54, 1.807) is 0 Å². The number of hydrogen-bond donors (Lipinski definition) is 0. The van der Waals surface area contributed by atoms with Crippen molar-refractivity contribution in [1.29, 1.82) is 0 Å². The summed E-state index contributed by atoms with van der Waals surface area (Å²) in [5.74, 6) is 0.256. The highest BCUT2D eigenvalue weighted by molar-refractivity contribution is 6.00. The summed E-state index contributed by atoms with van der Waals surface area (Å²) < 4.78 is 0. The first kappa shape index (κ1) is 16.2. The Morgan fingerprint density at radius 1 is 1.17 bits per heavy atom. The Kier molecular flexibility index (Phi) is 5.09. The van der Waals surface area contributed by atoms with Gasteiger partial charge in [-0.3, -0.25) is 9.69 Å². The van der Waals surface area contributed by atoms with Gasteiger partial charge in [0.1, 0.15) is 0 Å². The molecule has 0 N–H and O–H groups in total. The number of nitrogens with zero attached hydrogens (tertiary/aromatic N) is 2.